The first-order valence-corrected chi connectivity index (χ1v) is 9.45. The summed E-state index contributed by atoms with van der Waals surface area (Å²) in [7, 11) is 0. The van der Waals surface area contributed by atoms with Crippen LogP contribution in [0.15, 0.2) is 36.4 Å². The summed E-state index contributed by atoms with van der Waals surface area (Å²) < 4.78 is 16.4. The minimum atomic E-state index is -1.01. The summed E-state index contributed by atoms with van der Waals surface area (Å²) in [4.78, 5) is 36.1. The molecule has 1 N–H and O–H groups in total. The summed E-state index contributed by atoms with van der Waals surface area (Å²) in [5, 5.41) is 2.86. The molecule has 0 spiro atoms. The highest BCUT2D eigenvalue weighted by molar-refractivity contribution is 6.32. The van der Waals surface area contributed by atoms with Gasteiger partial charge in [-0.2, -0.15) is 0 Å². The van der Waals surface area contributed by atoms with Crippen LogP contribution in [0, 0.1) is 0 Å². The van der Waals surface area contributed by atoms with E-state index < -0.39 is 12.1 Å². The number of carbonyl (C=O) groups excluding carboxylic acids is 3. The van der Waals surface area contributed by atoms with Crippen LogP contribution in [0.1, 0.15) is 41.0 Å². The molecule has 1 aliphatic rings. The van der Waals surface area contributed by atoms with Crippen molar-refractivity contribution in [3.8, 4) is 11.5 Å². The number of rotatable bonds is 5. The topological polar surface area (TPSA) is 90.9 Å². The fourth-order valence-corrected chi connectivity index (χ4v) is 3.05. The molecule has 8 heteroatoms. The highest BCUT2D eigenvalue weighted by Gasteiger charge is 2.23. The number of nitrogens with one attached hydrogen (secondary N) is 1. The molecule has 2 aromatic carbocycles. The fraction of sp³-hybridized carbons (Fsp3) is 0.286. The maximum atomic E-state index is 12.6. The predicted octanol–water partition coefficient (Wildman–Crippen LogP) is 3.89. The van der Waals surface area contributed by atoms with E-state index >= 15 is 0 Å². The molecular weight excluding hydrogens is 398 g/mol. The van der Waals surface area contributed by atoms with Crippen LogP contribution >= 0.6 is 11.6 Å². The average Bonchev–Trinajstić information content (AvgIpc) is 2.93. The van der Waals surface area contributed by atoms with E-state index in [1.165, 1.54) is 26.0 Å². The van der Waals surface area contributed by atoms with Crippen molar-refractivity contribution in [3.05, 3.63) is 52.5 Å². The Labute approximate surface area is 172 Å². The summed E-state index contributed by atoms with van der Waals surface area (Å²) in [6.45, 7) is 3.81. The lowest BCUT2D eigenvalue weighted by atomic mass is 10.1. The summed E-state index contributed by atoms with van der Waals surface area (Å²) in [6.07, 6.45) is -0.305. The van der Waals surface area contributed by atoms with Gasteiger partial charge in [0.05, 0.1) is 23.8 Å². The Hall–Kier alpha value is -3.06. The summed E-state index contributed by atoms with van der Waals surface area (Å²) in [5.74, 6) is -0.509. The summed E-state index contributed by atoms with van der Waals surface area (Å²) >= 11 is 6.20. The monoisotopic (exact) mass is 417 g/mol. The Balaban J connectivity index is 1.70. The van der Waals surface area contributed by atoms with E-state index in [9.17, 15) is 14.4 Å². The van der Waals surface area contributed by atoms with Crippen LogP contribution in [0.2, 0.25) is 5.02 Å². The van der Waals surface area contributed by atoms with Gasteiger partial charge in [-0.1, -0.05) is 11.6 Å². The van der Waals surface area contributed by atoms with Crippen molar-refractivity contribution in [2.24, 2.45) is 0 Å². The first-order chi connectivity index (χ1) is 13.8. The molecule has 0 saturated heterocycles. The molecule has 0 aliphatic carbocycles. The average molecular weight is 418 g/mol. The first kappa shape index (κ1) is 20.7. The normalized spacial score (nSPS) is 13.8. The number of benzene rings is 2. The van der Waals surface area contributed by atoms with Crippen molar-refractivity contribution >= 4 is 34.9 Å². The molecule has 152 valence electrons. The Morgan fingerprint density at radius 3 is 2.45 bits per heavy atom. The molecule has 0 unspecified atom stereocenters. The lowest BCUT2D eigenvalue weighted by Gasteiger charge is -2.15. The van der Waals surface area contributed by atoms with Gasteiger partial charge in [0.1, 0.15) is 0 Å². The van der Waals surface area contributed by atoms with Crippen molar-refractivity contribution in [2.45, 2.75) is 26.4 Å². The number of ether oxygens (including phenoxy) is 3. The van der Waals surface area contributed by atoms with Crippen LogP contribution in [0.5, 0.6) is 11.5 Å². The molecule has 0 saturated carbocycles. The quantitative estimate of drug-likeness (QED) is 0.586. The number of carbonyl (C=O) groups is 3. The maximum Gasteiger partial charge on any atom is 0.339 e. The lowest BCUT2D eigenvalue weighted by molar-refractivity contribution is -0.114. The molecule has 3 rings (SSSR count). The number of hydrogen-bond acceptors (Lipinski definition) is 6. The van der Waals surface area contributed by atoms with Gasteiger partial charge >= 0.3 is 5.97 Å². The fourth-order valence-electron chi connectivity index (χ4n) is 2.79. The molecule has 7 nitrogen and oxygen atoms in total. The second kappa shape index (κ2) is 8.96. The van der Waals surface area contributed by atoms with Gasteiger partial charge < -0.3 is 19.5 Å². The van der Waals surface area contributed by atoms with Gasteiger partial charge in [-0.25, -0.2) is 4.79 Å². The van der Waals surface area contributed by atoms with Gasteiger partial charge in [0.15, 0.2) is 17.6 Å². The molecule has 29 heavy (non-hydrogen) atoms. The second-order valence-corrected chi connectivity index (χ2v) is 6.91. The number of amides is 1. The van der Waals surface area contributed by atoms with Crippen LogP contribution in [-0.4, -0.2) is 37.0 Å². The largest absolute Gasteiger partial charge is 0.489 e. The number of esters is 1. The van der Waals surface area contributed by atoms with Crippen molar-refractivity contribution < 1.29 is 28.6 Å². The van der Waals surface area contributed by atoms with Gasteiger partial charge in [-0.05, 0) is 43.3 Å². The Morgan fingerprint density at radius 2 is 1.76 bits per heavy atom. The van der Waals surface area contributed by atoms with Crippen LogP contribution in [0.4, 0.5) is 5.69 Å². The minimum absolute atomic E-state index is 0.167. The van der Waals surface area contributed by atoms with Gasteiger partial charge in [0.25, 0.3) is 0 Å². The van der Waals surface area contributed by atoms with E-state index in [1.54, 1.807) is 24.3 Å². The molecule has 1 heterocycles. The van der Waals surface area contributed by atoms with Crippen LogP contribution in [0.25, 0.3) is 0 Å². The Bertz CT molecular complexity index is 941. The molecule has 1 amide bonds. The molecule has 2 aromatic rings. The number of Topliss-reactive ketones (excluding diaryl/α,β-unsaturated/α-hetero) is 1. The molecular formula is C21H20ClNO6. The standard InChI is InChI=1S/C21H20ClNO6/c1-12(19(25)14-4-6-16(7-5-14)23-13(2)24)29-21(26)15-10-17(22)20-18(11-15)27-8-3-9-28-20/h4-7,10-12H,3,8-9H2,1-2H3,(H,23,24)/t12-/m1/s1. The lowest BCUT2D eigenvalue weighted by Crippen LogP contribution is -2.24. The van der Waals surface area contributed by atoms with E-state index in [2.05, 4.69) is 5.32 Å². The second-order valence-electron chi connectivity index (χ2n) is 6.51. The van der Waals surface area contributed by atoms with E-state index in [0.29, 0.717) is 42.4 Å². The number of ketones is 1. The van der Waals surface area contributed by atoms with E-state index in [0.717, 1.165) is 0 Å². The minimum Gasteiger partial charge on any atom is -0.489 e. The third kappa shape index (κ3) is 5.06. The molecule has 0 radical (unpaired) electrons. The summed E-state index contributed by atoms with van der Waals surface area (Å²) in [5.41, 5.74) is 1.09. The van der Waals surface area contributed by atoms with Crippen LogP contribution in [0.3, 0.4) is 0 Å². The molecule has 0 bridgehead atoms. The third-order valence-electron chi connectivity index (χ3n) is 4.18. The van der Waals surface area contributed by atoms with Crippen molar-refractivity contribution in [1.29, 1.82) is 0 Å². The number of anilines is 1. The molecule has 0 aromatic heterocycles. The third-order valence-corrected chi connectivity index (χ3v) is 4.46. The van der Waals surface area contributed by atoms with E-state index in [-0.39, 0.29) is 22.3 Å². The number of fused-ring (bicyclic) bond motifs is 1. The van der Waals surface area contributed by atoms with E-state index in [1.807, 2.05) is 0 Å². The molecule has 1 aliphatic heterocycles. The zero-order valence-electron chi connectivity index (χ0n) is 16.0. The highest BCUT2D eigenvalue weighted by atomic mass is 35.5. The summed E-state index contributed by atoms with van der Waals surface area (Å²) in [6, 6.07) is 9.25. The van der Waals surface area contributed by atoms with Crippen LogP contribution < -0.4 is 14.8 Å². The van der Waals surface area contributed by atoms with Crippen molar-refractivity contribution in [3.63, 3.8) is 0 Å². The van der Waals surface area contributed by atoms with Crippen LogP contribution in [-0.2, 0) is 9.53 Å². The predicted molar refractivity (Wildman–Crippen MR) is 107 cm³/mol. The van der Waals surface area contributed by atoms with Gasteiger partial charge in [0, 0.05) is 24.6 Å². The van der Waals surface area contributed by atoms with E-state index in [4.69, 9.17) is 25.8 Å². The number of hydrogen-bond donors (Lipinski definition) is 1. The molecule has 0 fully saturated rings. The zero-order valence-corrected chi connectivity index (χ0v) is 16.7. The van der Waals surface area contributed by atoms with Gasteiger partial charge in [-0.3, -0.25) is 9.59 Å². The maximum absolute atomic E-state index is 12.6. The first-order valence-electron chi connectivity index (χ1n) is 9.07. The SMILES string of the molecule is CC(=O)Nc1ccc(C(=O)[C@@H](C)OC(=O)c2cc(Cl)c3c(c2)OCCCO3)cc1. The molecule has 1 atom stereocenters. The Kier molecular flexibility index (Phi) is 6.39. The highest BCUT2D eigenvalue weighted by Crippen LogP contribution is 2.38. The number of halogens is 1. The van der Waals surface area contributed by atoms with Crippen molar-refractivity contribution in [2.75, 3.05) is 18.5 Å². The van der Waals surface area contributed by atoms with Crippen molar-refractivity contribution in [1.82, 2.24) is 0 Å². The van der Waals surface area contributed by atoms with Gasteiger partial charge in [0.2, 0.25) is 11.7 Å². The van der Waals surface area contributed by atoms with Gasteiger partial charge in [-0.15, -0.1) is 0 Å². The zero-order chi connectivity index (χ0) is 21.0. The smallest absolute Gasteiger partial charge is 0.339 e. The Morgan fingerprint density at radius 1 is 1.07 bits per heavy atom.